The highest BCUT2D eigenvalue weighted by molar-refractivity contribution is 5.91. The fraction of sp³-hybridized carbons (Fsp3) is 0.529. The van der Waals surface area contributed by atoms with Crippen molar-refractivity contribution in [1.82, 2.24) is 14.5 Å². The van der Waals surface area contributed by atoms with Crippen LogP contribution in [0, 0.1) is 5.92 Å². The molecule has 1 atom stereocenters. The van der Waals surface area contributed by atoms with Crippen molar-refractivity contribution in [3.8, 4) is 0 Å². The molecule has 1 fully saturated rings. The molecule has 0 spiro atoms. The van der Waals surface area contributed by atoms with E-state index < -0.39 is 0 Å². The Morgan fingerprint density at radius 2 is 2.35 bits per heavy atom. The molecule has 1 amide bonds. The van der Waals surface area contributed by atoms with Crippen molar-refractivity contribution in [2.45, 2.75) is 31.8 Å². The van der Waals surface area contributed by atoms with E-state index in [9.17, 15) is 4.79 Å². The number of ether oxygens (including phenoxy) is 1. The molecule has 0 radical (unpaired) electrons. The first-order valence-electron chi connectivity index (χ1n) is 8.12. The Labute approximate surface area is 135 Å². The molecule has 1 aliphatic carbocycles. The van der Waals surface area contributed by atoms with Gasteiger partial charge in [-0.05, 0) is 30.9 Å². The van der Waals surface area contributed by atoms with Crippen LogP contribution < -0.4 is 0 Å². The van der Waals surface area contributed by atoms with Gasteiger partial charge in [-0.2, -0.15) is 0 Å². The van der Waals surface area contributed by atoms with Crippen molar-refractivity contribution in [2.24, 2.45) is 5.92 Å². The number of carbonyl (C=O) groups is 1. The van der Waals surface area contributed by atoms with E-state index in [2.05, 4.69) is 9.55 Å². The van der Waals surface area contributed by atoms with Crippen LogP contribution in [0.2, 0.25) is 0 Å². The Kier molecular flexibility index (Phi) is 3.69. The molecule has 0 N–H and O–H groups in total. The third-order valence-electron chi connectivity index (χ3n) is 4.66. The first kappa shape index (κ1) is 14.5. The van der Waals surface area contributed by atoms with Crippen molar-refractivity contribution >= 4 is 5.91 Å². The summed E-state index contributed by atoms with van der Waals surface area (Å²) in [7, 11) is 1.70. The van der Waals surface area contributed by atoms with E-state index in [0.29, 0.717) is 25.5 Å². The molecule has 0 saturated heterocycles. The Morgan fingerprint density at radius 3 is 3.04 bits per heavy atom. The molecule has 0 bridgehead atoms. The van der Waals surface area contributed by atoms with Gasteiger partial charge in [0, 0.05) is 31.8 Å². The summed E-state index contributed by atoms with van der Waals surface area (Å²) in [5.74, 6) is 1.24. The molecule has 23 heavy (non-hydrogen) atoms. The lowest BCUT2D eigenvalue weighted by Gasteiger charge is -2.32. The highest BCUT2D eigenvalue weighted by Crippen LogP contribution is 2.34. The number of hydrogen-bond acceptors (Lipinski definition) is 4. The first-order valence-corrected chi connectivity index (χ1v) is 8.12. The van der Waals surface area contributed by atoms with E-state index in [0.717, 1.165) is 18.2 Å². The molecular formula is C17H21N3O3. The molecule has 1 saturated carbocycles. The number of nitrogens with zero attached hydrogens (tertiary/aromatic N) is 3. The summed E-state index contributed by atoms with van der Waals surface area (Å²) in [4.78, 5) is 18.9. The van der Waals surface area contributed by atoms with Crippen LogP contribution in [0.4, 0.5) is 0 Å². The smallest absolute Gasteiger partial charge is 0.289 e. The molecule has 122 valence electrons. The van der Waals surface area contributed by atoms with E-state index in [1.165, 1.54) is 24.8 Å². The van der Waals surface area contributed by atoms with Crippen molar-refractivity contribution in [1.29, 1.82) is 0 Å². The Hall–Kier alpha value is -2.08. The molecule has 2 aromatic heterocycles. The second-order valence-electron chi connectivity index (χ2n) is 6.49. The highest BCUT2D eigenvalue weighted by Gasteiger charge is 2.34. The van der Waals surface area contributed by atoms with Crippen LogP contribution >= 0.6 is 0 Å². The zero-order valence-corrected chi connectivity index (χ0v) is 13.3. The van der Waals surface area contributed by atoms with Crippen molar-refractivity contribution in [3.63, 3.8) is 0 Å². The summed E-state index contributed by atoms with van der Waals surface area (Å²) in [6.45, 7) is 2.80. The van der Waals surface area contributed by atoms with Crippen LogP contribution in [0.1, 0.15) is 40.7 Å². The monoisotopic (exact) mass is 315 g/mol. The lowest BCUT2D eigenvalue weighted by Crippen LogP contribution is -2.40. The van der Waals surface area contributed by atoms with Gasteiger partial charge in [-0.15, -0.1) is 0 Å². The van der Waals surface area contributed by atoms with Crippen LogP contribution in [0.15, 0.2) is 29.1 Å². The molecule has 2 aromatic rings. The van der Waals surface area contributed by atoms with E-state index in [4.69, 9.17) is 9.15 Å². The fourth-order valence-electron chi connectivity index (χ4n) is 3.39. The van der Waals surface area contributed by atoms with Gasteiger partial charge in [0.2, 0.25) is 0 Å². The predicted octanol–water partition coefficient (Wildman–Crippen LogP) is 2.27. The molecular weight excluding hydrogens is 294 g/mol. The minimum absolute atomic E-state index is 0.0847. The molecule has 2 aliphatic rings. The van der Waals surface area contributed by atoms with Gasteiger partial charge < -0.3 is 18.6 Å². The van der Waals surface area contributed by atoms with Crippen LogP contribution in [-0.2, 0) is 17.8 Å². The second-order valence-corrected chi connectivity index (χ2v) is 6.49. The summed E-state index contributed by atoms with van der Waals surface area (Å²) in [5.41, 5.74) is 2.22. The molecule has 1 aliphatic heterocycles. The third kappa shape index (κ3) is 2.79. The van der Waals surface area contributed by atoms with Gasteiger partial charge in [0.1, 0.15) is 0 Å². The molecule has 0 unspecified atom stereocenters. The average molecular weight is 315 g/mol. The van der Waals surface area contributed by atoms with Crippen LogP contribution in [0.25, 0.3) is 0 Å². The number of aromatic nitrogens is 2. The maximum atomic E-state index is 12.6. The van der Waals surface area contributed by atoms with Gasteiger partial charge >= 0.3 is 0 Å². The molecule has 6 nitrogen and oxygen atoms in total. The molecule has 3 heterocycles. The summed E-state index contributed by atoms with van der Waals surface area (Å²) in [6.07, 6.45) is 6.07. The minimum Gasteiger partial charge on any atom is -0.459 e. The van der Waals surface area contributed by atoms with Gasteiger partial charge in [0.25, 0.3) is 5.91 Å². The van der Waals surface area contributed by atoms with Gasteiger partial charge in [0.05, 0.1) is 31.4 Å². The number of imidazole rings is 1. The zero-order valence-electron chi connectivity index (χ0n) is 13.3. The van der Waals surface area contributed by atoms with Gasteiger partial charge in [0.15, 0.2) is 5.76 Å². The van der Waals surface area contributed by atoms with E-state index in [-0.39, 0.29) is 11.8 Å². The Morgan fingerprint density at radius 1 is 1.48 bits per heavy atom. The standard InChI is InChI=1S/C17H21N3O3/c1-22-10-13-8-19(17(21)15-3-2-6-23-15)9-14-16(13)20(11-18-14)7-12-4-5-12/h2-3,6,11-13H,4-5,7-10H2,1H3/t13-/m0/s1. The van der Waals surface area contributed by atoms with Crippen molar-refractivity contribution in [3.05, 3.63) is 41.9 Å². The predicted molar refractivity (Wildman–Crippen MR) is 83.0 cm³/mol. The Balaban J connectivity index is 1.60. The summed E-state index contributed by atoms with van der Waals surface area (Å²) >= 11 is 0. The molecule has 6 heteroatoms. The number of methoxy groups -OCH3 is 1. The van der Waals surface area contributed by atoms with Crippen LogP contribution in [-0.4, -0.2) is 40.6 Å². The number of fused-ring (bicyclic) bond motifs is 1. The van der Waals surface area contributed by atoms with E-state index in [1.54, 1.807) is 24.1 Å². The minimum atomic E-state index is -0.0847. The summed E-state index contributed by atoms with van der Waals surface area (Å²) < 4.78 is 12.9. The third-order valence-corrected chi connectivity index (χ3v) is 4.66. The first-order chi connectivity index (χ1) is 11.3. The highest BCUT2D eigenvalue weighted by atomic mass is 16.5. The average Bonchev–Trinajstić information content (AvgIpc) is 3.04. The number of rotatable bonds is 5. The maximum Gasteiger partial charge on any atom is 0.289 e. The van der Waals surface area contributed by atoms with Crippen LogP contribution in [0.5, 0.6) is 0 Å². The number of hydrogen-bond donors (Lipinski definition) is 0. The number of amides is 1. The van der Waals surface area contributed by atoms with E-state index in [1.807, 2.05) is 6.33 Å². The SMILES string of the molecule is COC[C@@H]1CN(C(=O)c2ccco2)Cc2ncn(CC3CC3)c21. The normalized spacial score (nSPS) is 20.6. The van der Waals surface area contributed by atoms with Gasteiger partial charge in [-0.25, -0.2) is 4.98 Å². The lowest BCUT2D eigenvalue weighted by atomic mass is 9.98. The van der Waals surface area contributed by atoms with Crippen LogP contribution in [0.3, 0.4) is 0 Å². The van der Waals surface area contributed by atoms with E-state index >= 15 is 0 Å². The molecule has 4 rings (SSSR count). The summed E-state index contributed by atoms with van der Waals surface area (Å²) in [5, 5.41) is 0. The maximum absolute atomic E-state index is 12.6. The largest absolute Gasteiger partial charge is 0.459 e. The Bertz CT molecular complexity index is 688. The van der Waals surface area contributed by atoms with Gasteiger partial charge in [-0.1, -0.05) is 0 Å². The fourth-order valence-corrected chi connectivity index (χ4v) is 3.39. The molecule has 0 aromatic carbocycles. The number of carbonyl (C=O) groups excluding carboxylic acids is 1. The van der Waals surface area contributed by atoms with Gasteiger partial charge in [-0.3, -0.25) is 4.79 Å². The second kappa shape index (κ2) is 5.85. The van der Waals surface area contributed by atoms with Crippen molar-refractivity contribution in [2.75, 3.05) is 20.3 Å². The van der Waals surface area contributed by atoms with Crippen molar-refractivity contribution < 1.29 is 13.9 Å². The quantitative estimate of drug-likeness (QED) is 0.849. The number of furan rings is 1. The summed E-state index contributed by atoms with van der Waals surface area (Å²) in [6, 6.07) is 3.44. The topological polar surface area (TPSA) is 60.5 Å². The lowest BCUT2D eigenvalue weighted by molar-refractivity contribution is 0.0641. The zero-order chi connectivity index (χ0) is 15.8.